The van der Waals surface area contributed by atoms with Crippen molar-refractivity contribution in [1.82, 2.24) is 9.55 Å². The van der Waals surface area contributed by atoms with Crippen LogP contribution in [0.15, 0.2) is 76.7 Å². The molecule has 28 heavy (non-hydrogen) atoms. The van der Waals surface area contributed by atoms with Gasteiger partial charge in [-0.1, -0.05) is 48.2 Å². The summed E-state index contributed by atoms with van der Waals surface area (Å²) < 4.78 is 14.9. The Morgan fingerprint density at radius 1 is 0.964 bits per heavy atom. The van der Waals surface area contributed by atoms with Gasteiger partial charge in [0.1, 0.15) is 5.82 Å². The summed E-state index contributed by atoms with van der Waals surface area (Å²) in [5.41, 5.74) is 4.57. The molecule has 0 bridgehead atoms. The fraction of sp³-hybridized carbons (Fsp3) is 0.130. The lowest BCUT2D eigenvalue weighted by atomic mass is 10.1. The minimum Gasteiger partial charge on any atom is -0.268 e. The van der Waals surface area contributed by atoms with Gasteiger partial charge in [0.2, 0.25) is 0 Å². The Hall–Kier alpha value is -2.92. The number of halogens is 1. The van der Waals surface area contributed by atoms with Crippen LogP contribution in [0.5, 0.6) is 0 Å². The molecule has 140 valence electrons. The number of thioether (sulfide) groups is 1. The number of aryl methyl sites for hydroxylation is 1. The number of fused-ring (bicyclic) bond motifs is 1. The smallest absolute Gasteiger partial charge is 0.266 e. The highest BCUT2D eigenvalue weighted by Gasteiger charge is 2.15. The van der Waals surface area contributed by atoms with Crippen LogP contribution in [0.3, 0.4) is 0 Å². The molecule has 0 aliphatic rings. The number of para-hydroxylation sites is 1. The van der Waals surface area contributed by atoms with Crippen molar-refractivity contribution in [3.8, 4) is 5.69 Å². The fourth-order valence-electron chi connectivity index (χ4n) is 3.13. The van der Waals surface area contributed by atoms with Crippen LogP contribution in [0.2, 0.25) is 0 Å². The molecule has 0 N–H and O–H groups in total. The molecule has 3 aromatic carbocycles. The van der Waals surface area contributed by atoms with Gasteiger partial charge in [0, 0.05) is 5.75 Å². The summed E-state index contributed by atoms with van der Waals surface area (Å²) in [7, 11) is 0. The largest absolute Gasteiger partial charge is 0.268 e. The van der Waals surface area contributed by atoms with Crippen molar-refractivity contribution < 1.29 is 4.39 Å². The standard InChI is InChI=1S/C23H19FN2OS/c1-15-6-5-9-21(16(15)2)26-22(27)19-7-3-4-8-20(19)25-23(26)28-14-17-10-12-18(24)13-11-17/h3-13H,14H2,1-2H3. The van der Waals surface area contributed by atoms with Crippen molar-refractivity contribution in [3.63, 3.8) is 0 Å². The van der Waals surface area contributed by atoms with Crippen LogP contribution in [0.25, 0.3) is 16.6 Å². The Labute approximate surface area is 166 Å². The third-order valence-electron chi connectivity index (χ3n) is 4.84. The van der Waals surface area contributed by atoms with Gasteiger partial charge < -0.3 is 0 Å². The molecule has 0 spiro atoms. The minimum absolute atomic E-state index is 0.0825. The fourth-order valence-corrected chi connectivity index (χ4v) is 4.09. The SMILES string of the molecule is Cc1cccc(-n2c(SCc3ccc(F)cc3)nc3ccccc3c2=O)c1C. The van der Waals surface area contributed by atoms with E-state index in [4.69, 9.17) is 4.98 Å². The van der Waals surface area contributed by atoms with Crippen LogP contribution >= 0.6 is 11.8 Å². The number of hydrogen-bond donors (Lipinski definition) is 0. The molecule has 0 aliphatic heterocycles. The molecule has 0 amide bonds. The number of hydrogen-bond acceptors (Lipinski definition) is 3. The van der Waals surface area contributed by atoms with Gasteiger partial charge in [0.15, 0.2) is 5.16 Å². The molecule has 1 heterocycles. The lowest BCUT2D eigenvalue weighted by Crippen LogP contribution is -2.22. The van der Waals surface area contributed by atoms with Crippen LogP contribution in [-0.4, -0.2) is 9.55 Å². The monoisotopic (exact) mass is 390 g/mol. The van der Waals surface area contributed by atoms with Crippen molar-refractivity contribution in [2.75, 3.05) is 0 Å². The molecule has 0 unspecified atom stereocenters. The Balaban J connectivity index is 1.87. The lowest BCUT2D eigenvalue weighted by molar-refractivity contribution is 0.627. The van der Waals surface area contributed by atoms with Gasteiger partial charge in [-0.2, -0.15) is 0 Å². The summed E-state index contributed by atoms with van der Waals surface area (Å²) in [4.78, 5) is 18.1. The first-order valence-electron chi connectivity index (χ1n) is 9.00. The van der Waals surface area contributed by atoms with E-state index in [2.05, 4.69) is 0 Å². The van der Waals surface area contributed by atoms with Gasteiger partial charge in [-0.05, 0) is 60.9 Å². The first-order chi connectivity index (χ1) is 13.5. The summed E-state index contributed by atoms with van der Waals surface area (Å²) in [6.45, 7) is 4.05. The van der Waals surface area contributed by atoms with E-state index < -0.39 is 0 Å². The third kappa shape index (κ3) is 3.45. The second kappa shape index (κ2) is 7.60. The van der Waals surface area contributed by atoms with Crippen molar-refractivity contribution in [2.24, 2.45) is 0 Å². The number of rotatable bonds is 4. The summed E-state index contributed by atoms with van der Waals surface area (Å²) in [5, 5.41) is 1.22. The maximum Gasteiger partial charge on any atom is 0.266 e. The van der Waals surface area contributed by atoms with Crippen molar-refractivity contribution in [2.45, 2.75) is 24.8 Å². The molecule has 1 aromatic heterocycles. The summed E-state index contributed by atoms with van der Waals surface area (Å²) in [6.07, 6.45) is 0. The number of nitrogens with zero attached hydrogens (tertiary/aromatic N) is 2. The highest BCUT2D eigenvalue weighted by atomic mass is 32.2. The van der Waals surface area contributed by atoms with E-state index in [0.717, 1.165) is 22.4 Å². The Morgan fingerprint density at radius 2 is 1.71 bits per heavy atom. The van der Waals surface area contributed by atoms with E-state index in [-0.39, 0.29) is 11.4 Å². The summed E-state index contributed by atoms with van der Waals surface area (Å²) >= 11 is 1.47. The van der Waals surface area contributed by atoms with Crippen LogP contribution in [0, 0.1) is 19.7 Å². The van der Waals surface area contributed by atoms with Crippen LogP contribution < -0.4 is 5.56 Å². The van der Waals surface area contributed by atoms with Gasteiger partial charge in [-0.25, -0.2) is 9.37 Å². The summed E-state index contributed by atoms with van der Waals surface area (Å²) in [6, 6.07) is 19.7. The zero-order valence-corrected chi connectivity index (χ0v) is 16.5. The molecule has 0 radical (unpaired) electrons. The summed E-state index contributed by atoms with van der Waals surface area (Å²) in [5.74, 6) is 0.334. The quantitative estimate of drug-likeness (QED) is 0.344. The van der Waals surface area contributed by atoms with Crippen molar-refractivity contribution >= 4 is 22.7 Å². The van der Waals surface area contributed by atoms with Gasteiger partial charge in [0.25, 0.3) is 5.56 Å². The maximum atomic E-state index is 13.3. The Bertz CT molecular complexity index is 1220. The average molecular weight is 390 g/mol. The highest BCUT2D eigenvalue weighted by molar-refractivity contribution is 7.98. The van der Waals surface area contributed by atoms with Crippen molar-refractivity contribution in [3.05, 3.63) is 99.6 Å². The van der Waals surface area contributed by atoms with Gasteiger partial charge in [0.05, 0.1) is 16.6 Å². The molecule has 0 fully saturated rings. The first kappa shape index (κ1) is 18.4. The topological polar surface area (TPSA) is 34.9 Å². The third-order valence-corrected chi connectivity index (χ3v) is 5.85. The van der Waals surface area contributed by atoms with Gasteiger partial charge >= 0.3 is 0 Å². The zero-order valence-electron chi connectivity index (χ0n) is 15.6. The van der Waals surface area contributed by atoms with E-state index >= 15 is 0 Å². The molecule has 3 nitrogen and oxygen atoms in total. The van der Waals surface area contributed by atoms with E-state index in [0.29, 0.717) is 21.8 Å². The minimum atomic E-state index is -0.259. The molecule has 5 heteroatoms. The second-order valence-electron chi connectivity index (χ2n) is 6.69. The molecular formula is C23H19FN2OS. The number of benzene rings is 3. The Kier molecular flexibility index (Phi) is 5.01. The average Bonchev–Trinajstić information content (AvgIpc) is 2.70. The molecule has 0 atom stereocenters. The van der Waals surface area contributed by atoms with Crippen molar-refractivity contribution in [1.29, 1.82) is 0 Å². The first-order valence-corrected chi connectivity index (χ1v) is 9.99. The molecule has 0 aliphatic carbocycles. The molecule has 4 rings (SSSR count). The van der Waals surface area contributed by atoms with E-state index in [1.807, 2.05) is 50.2 Å². The van der Waals surface area contributed by atoms with E-state index in [9.17, 15) is 9.18 Å². The normalized spacial score (nSPS) is 11.1. The van der Waals surface area contributed by atoms with Crippen LogP contribution in [0.4, 0.5) is 4.39 Å². The molecule has 0 saturated carbocycles. The molecular weight excluding hydrogens is 371 g/mol. The van der Waals surface area contributed by atoms with Gasteiger partial charge in [-0.3, -0.25) is 9.36 Å². The zero-order chi connectivity index (χ0) is 19.7. The van der Waals surface area contributed by atoms with Crippen LogP contribution in [-0.2, 0) is 5.75 Å². The highest BCUT2D eigenvalue weighted by Crippen LogP contribution is 2.26. The van der Waals surface area contributed by atoms with Gasteiger partial charge in [-0.15, -0.1) is 0 Å². The molecule has 0 saturated heterocycles. The molecule has 4 aromatic rings. The predicted octanol–water partition coefficient (Wildman–Crippen LogP) is 5.43. The Morgan fingerprint density at radius 3 is 2.50 bits per heavy atom. The van der Waals surface area contributed by atoms with E-state index in [1.165, 1.54) is 23.9 Å². The maximum absolute atomic E-state index is 13.3. The lowest BCUT2D eigenvalue weighted by Gasteiger charge is -2.16. The van der Waals surface area contributed by atoms with Crippen LogP contribution in [0.1, 0.15) is 16.7 Å². The second-order valence-corrected chi connectivity index (χ2v) is 7.63. The number of aromatic nitrogens is 2. The predicted molar refractivity (Wildman–Crippen MR) is 113 cm³/mol. The van der Waals surface area contributed by atoms with E-state index in [1.54, 1.807) is 22.8 Å².